The van der Waals surface area contributed by atoms with E-state index in [4.69, 9.17) is 10.2 Å². The first-order valence-electron chi connectivity index (χ1n) is 8.39. The molecule has 0 heterocycles. The van der Waals surface area contributed by atoms with E-state index in [0.717, 1.165) is 38.5 Å². The molecule has 0 aromatic heterocycles. The number of hydrogen-bond donors (Lipinski definition) is 2. The van der Waals surface area contributed by atoms with Gasteiger partial charge in [-0.05, 0) is 38.5 Å². The Balaban J connectivity index is 3.27. The summed E-state index contributed by atoms with van der Waals surface area (Å²) < 4.78 is 0. The van der Waals surface area contributed by atoms with Crippen LogP contribution < -0.4 is 0 Å². The molecule has 3 nitrogen and oxygen atoms in total. The predicted molar refractivity (Wildman–Crippen MR) is 88.4 cm³/mol. The second kappa shape index (κ2) is 15.3. The van der Waals surface area contributed by atoms with E-state index < -0.39 is 12.1 Å². The minimum Gasteiger partial charge on any atom is -0.479 e. The van der Waals surface area contributed by atoms with Gasteiger partial charge in [0.25, 0.3) is 0 Å². The fourth-order valence-corrected chi connectivity index (χ4v) is 2.10. The topological polar surface area (TPSA) is 57.5 Å². The van der Waals surface area contributed by atoms with Crippen molar-refractivity contribution >= 4 is 5.97 Å². The summed E-state index contributed by atoms with van der Waals surface area (Å²) in [6, 6.07) is 0. The summed E-state index contributed by atoms with van der Waals surface area (Å²) in [5.74, 6) is -1.11. The van der Waals surface area contributed by atoms with E-state index in [1.807, 2.05) is 0 Å². The van der Waals surface area contributed by atoms with Crippen LogP contribution in [-0.4, -0.2) is 22.3 Å². The summed E-state index contributed by atoms with van der Waals surface area (Å²) >= 11 is 0. The van der Waals surface area contributed by atoms with Crippen LogP contribution in [0.15, 0.2) is 24.3 Å². The van der Waals surface area contributed by atoms with Crippen LogP contribution in [0.1, 0.15) is 77.6 Å². The highest BCUT2D eigenvalue weighted by molar-refractivity contribution is 5.71. The molecule has 2 N–H and O–H groups in total. The van der Waals surface area contributed by atoms with Gasteiger partial charge >= 0.3 is 5.97 Å². The van der Waals surface area contributed by atoms with Crippen molar-refractivity contribution in [3.05, 3.63) is 24.3 Å². The number of unbranched alkanes of at least 4 members (excludes halogenated alkanes) is 7. The maximum atomic E-state index is 10.4. The first-order chi connectivity index (χ1) is 10.2. The van der Waals surface area contributed by atoms with E-state index in [2.05, 4.69) is 31.2 Å². The lowest BCUT2D eigenvalue weighted by atomic mass is 10.1. The zero-order valence-corrected chi connectivity index (χ0v) is 13.5. The Morgan fingerprint density at radius 3 is 2.05 bits per heavy atom. The van der Waals surface area contributed by atoms with Crippen molar-refractivity contribution in [3.8, 4) is 0 Å². The van der Waals surface area contributed by atoms with Gasteiger partial charge in [-0.2, -0.15) is 0 Å². The molecule has 122 valence electrons. The van der Waals surface area contributed by atoms with Crippen molar-refractivity contribution in [1.29, 1.82) is 0 Å². The average molecular weight is 296 g/mol. The lowest BCUT2D eigenvalue weighted by molar-refractivity contribution is -0.146. The van der Waals surface area contributed by atoms with Crippen molar-refractivity contribution in [2.24, 2.45) is 0 Å². The predicted octanol–water partition coefficient (Wildman–Crippen LogP) is 4.86. The average Bonchev–Trinajstić information content (AvgIpc) is 2.47. The quantitative estimate of drug-likeness (QED) is 0.355. The number of allylic oxidation sites excluding steroid dienone is 4. The summed E-state index contributed by atoms with van der Waals surface area (Å²) in [7, 11) is 0. The molecule has 21 heavy (non-hydrogen) atoms. The van der Waals surface area contributed by atoms with Gasteiger partial charge in [0.2, 0.25) is 0 Å². The molecule has 1 unspecified atom stereocenters. The molecule has 0 amide bonds. The first-order valence-corrected chi connectivity index (χ1v) is 8.39. The van der Waals surface area contributed by atoms with Gasteiger partial charge in [0.15, 0.2) is 6.10 Å². The van der Waals surface area contributed by atoms with Crippen LogP contribution in [0.5, 0.6) is 0 Å². The summed E-state index contributed by atoms with van der Waals surface area (Å²) in [4.78, 5) is 10.4. The molecule has 0 saturated carbocycles. The third kappa shape index (κ3) is 15.1. The van der Waals surface area contributed by atoms with E-state index in [9.17, 15) is 4.79 Å². The molecule has 0 spiro atoms. The van der Waals surface area contributed by atoms with E-state index in [1.165, 1.54) is 25.7 Å². The van der Waals surface area contributed by atoms with Crippen LogP contribution in [0.4, 0.5) is 0 Å². The molecule has 0 saturated heterocycles. The van der Waals surface area contributed by atoms with E-state index in [0.29, 0.717) is 6.42 Å². The van der Waals surface area contributed by atoms with Crippen LogP contribution >= 0.6 is 0 Å². The number of hydrogen-bond acceptors (Lipinski definition) is 2. The molecular weight excluding hydrogens is 264 g/mol. The van der Waals surface area contributed by atoms with Gasteiger partial charge in [0.05, 0.1) is 0 Å². The summed E-state index contributed by atoms with van der Waals surface area (Å²) in [6.45, 7) is 2.22. The fourth-order valence-electron chi connectivity index (χ4n) is 2.10. The van der Waals surface area contributed by atoms with Gasteiger partial charge in [-0.15, -0.1) is 0 Å². The molecule has 0 aromatic carbocycles. The molecule has 0 aliphatic rings. The Hall–Kier alpha value is -1.09. The maximum Gasteiger partial charge on any atom is 0.332 e. The van der Waals surface area contributed by atoms with Crippen LogP contribution in [0.3, 0.4) is 0 Å². The highest BCUT2D eigenvalue weighted by Gasteiger charge is 2.11. The van der Waals surface area contributed by atoms with Crippen molar-refractivity contribution in [1.82, 2.24) is 0 Å². The minimum absolute atomic E-state index is 0.369. The number of carboxylic acids is 1. The Morgan fingerprint density at radius 1 is 0.905 bits per heavy atom. The Morgan fingerprint density at radius 2 is 1.48 bits per heavy atom. The van der Waals surface area contributed by atoms with Gasteiger partial charge in [0.1, 0.15) is 0 Å². The van der Waals surface area contributed by atoms with Gasteiger partial charge < -0.3 is 10.2 Å². The second-order valence-corrected chi connectivity index (χ2v) is 5.52. The minimum atomic E-state index is -1.19. The number of carbonyl (C=O) groups is 1. The van der Waals surface area contributed by atoms with Crippen molar-refractivity contribution in [2.45, 2.75) is 83.7 Å². The second-order valence-electron chi connectivity index (χ2n) is 5.52. The standard InChI is InChI=1S/C18H32O3/c1-2-3-4-5-6-7-8-9-10-11-12-13-14-15-16-17(19)18(20)21/h6-7,9-10,17,19H,2-5,8,11-16H2,1H3,(H,20,21)/b7-6+,10-9+. The molecule has 0 fully saturated rings. The zero-order valence-electron chi connectivity index (χ0n) is 13.5. The monoisotopic (exact) mass is 296 g/mol. The molecule has 0 rings (SSSR count). The molecule has 1 atom stereocenters. The number of carboxylic acid groups (broad SMARTS) is 1. The third-order valence-corrected chi connectivity index (χ3v) is 3.46. The van der Waals surface area contributed by atoms with Gasteiger partial charge in [-0.3, -0.25) is 0 Å². The molecule has 0 aliphatic heterocycles. The SMILES string of the molecule is CCCCC/C=C/C/C=C/CCCCCCC(O)C(=O)O. The summed E-state index contributed by atoms with van der Waals surface area (Å²) in [5, 5.41) is 17.6. The number of rotatable bonds is 14. The maximum absolute atomic E-state index is 10.4. The van der Waals surface area contributed by atoms with Crippen LogP contribution in [0.25, 0.3) is 0 Å². The highest BCUT2D eigenvalue weighted by Crippen LogP contribution is 2.08. The first kappa shape index (κ1) is 19.9. The summed E-state index contributed by atoms with van der Waals surface area (Å²) in [5.41, 5.74) is 0. The molecule has 0 bridgehead atoms. The molecular formula is C18H32O3. The van der Waals surface area contributed by atoms with Crippen molar-refractivity contribution in [3.63, 3.8) is 0 Å². The fraction of sp³-hybridized carbons (Fsp3) is 0.722. The van der Waals surface area contributed by atoms with Crippen molar-refractivity contribution < 1.29 is 15.0 Å². The van der Waals surface area contributed by atoms with Gasteiger partial charge in [-0.25, -0.2) is 4.79 Å². The lowest BCUT2D eigenvalue weighted by Crippen LogP contribution is -2.18. The smallest absolute Gasteiger partial charge is 0.332 e. The third-order valence-electron chi connectivity index (χ3n) is 3.46. The molecule has 0 aromatic rings. The van der Waals surface area contributed by atoms with Crippen LogP contribution in [0.2, 0.25) is 0 Å². The van der Waals surface area contributed by atoms with Gasteiger partial charge in [-0.1, -0.05) is 63.3 Å². The highest BCUT2D eigenvalue weighted by atomic mass is 16.4. The normalized spacial score (nSPS) is 13.2. The number of aliphatic carboxylic acids is 1. The summed E-state index contributed by atoms with van der Waals surface area (Å²) in [6.07, 6.45) is 19.4. The number of aliphatic hydroxyl groups excluding tert-OH is 1. The van der Waals surface area contributed by atoms with Gasteiger partial charge in [0, 0.05) is 0 Å². The molecule has 0 radical (unpaired) electrons. The number of aliphatic hydroxyl groups is 1. The molecule has 3 heteroatoms. The Bertz CT molecular complexity index is 295. The van der Waals surface area contributed by atoms with Crippen LogP contribution in [0, 0.1) is 0 Å². The Labute approximate surface area is 129 Å². The largest absolute Gasteiger partial charge is 0.479 e. The molecule has 0 aliphatic carbocycles. The van der Waals surface area contributed by atoms with E-state index in [-0.39, 0.29) is 0 Å². The van der Waals surface area contributed by atoms with E-state index in [1.54, 1.807) is 0 Å². The zero-order chi connectivity index (χ0) is 15.8. The van der Waals surface area contributed by atoms with Crippen molar-refractivity contribution in [2.75, 3.05) is 0 Å². The lowest BCUT2D eigenvalue weighted by Gasteiger charge is -2.04. The Kier molecular flexibility index (Phi) is 14.5. The van der Waals surface area contributed by atoms with E-state index >= 15 is 0 Å². The van der Waals surface area contributed by atoms with Crippen LogP contribution in [-0.2, 0) is 4.79 Å².